The van der Waals surface area contributed by atoms with Gasteiger partial charge in [-0.3, -0.25) is 9.59 Å². The van der Waals surface area contributed by atoms with E-state index in [9.17, 15) is 14.4 Å². The summed E-state index contributed by atoms with van der Waals surface area (Å²) in [6, 6.07) is 7.86. The lowest BCUT2D eigenvalue weighted by molar-refractivity contribution is -0.147. The normalized spacial score (nSPS) is 17.6. The van der Waals surface area contributed by atoms with Crippen molar-refractivity contribution in [3.63, 3.8) is 0 Å². The van der Waals surface area contributed by atoms with Crippen LogP contribution in [0.15, 0.2) is 30.3 Å². The lowest BCUT2D eigenvalue weighted by atomic mass is 10.2. The van der Waals surface area contributed by atoms with Crippen LogP contribution in [0, 0.1) is 0 Å². The molecule has 0 bridgehead atoms. The average molecular weight is 308 g/mol. The van der Waals surface area contributed by atoms with Crippen LogP contribution in [0.25, 0.3) is 0 Å². The third-order valence-corrected chi connectivity index (χ3v) is 4.24. The van der Waals surface area contributed by atoms with Crippen LogP contribution >= 0.6 is 11.8 Å². The lowest BCUT2D eigenvalue weighted by Crippen LogP contribution is -2.46. The third kappa shape index (κ3) is 3.55. The van der Waals surface area contributed by atoms with Crippen molar-refractivity contribution >= 4 is 29.5 Å². The van der Waals surface area contributed by atoms with Gasteiger partial charge in [-0.05, 0) is 12.1 Å². The van der Waals surface area contributed by atoms with Gasteiger partial charge < -0.3 is 14.9 Å². The van der Waals surface area contributed by atoms with Gasteiger partial charge in [-0.2, -0.15) is 0 Å². The summed E-state index contributed by atoms with van der Waals surface area (Å²) in [5.41, 5.74) is 0.499. The monoisotopic (exact) mass is 308 g/mol. The number of carboxylic acid groups (broad SMARTS) is 1. The minimum absolute atomic E-state index is 0.127. The van der Waals surface area contributed by atoms with E-state index in [1.54, 1.807) is 30.3 Å². The Morgan fingerprint density at radius 3 is 2.62 bits per heavy atom. The fourth-order valence-corrected chi connectivity index (χ4v) is 3.23. The molecule has 1 aliphatic heterocycles. The molecule has 1 aliphatic rings. The molecule has 0 spiro atoms. The van der Waals surface area contributed by atoms with Gasteiger partial charge in [0, 0.05) is 18.4 Å². The van der Waals surface area contributed by atoms with Crippen molar-refractivity contribution in [2.45, 2.75) is 6.04 Å². The number of likely N-dealkylation sites (N-methyl/N-ethyl adjacent to an activating group) is 1. The van der Waals surface area contributed by atoms with Gasteiger partial charge >= 0.3 is 5.97 Å². The molecular formula is C14H16N2O4S. The van der Waals surface area contributed by atoms with Crippen LogP contribution in [0.5, 0.6) is 0 Å². The molecule has 1 aromatic rings. The highest BCUT2D eigenvalue weighted by atomic mass is 32.2. The fourth-order valence-electron chi connectivity index (χ4n) is 2.06. The van der Waals surface area contributed by atoms with Gasteiger partial charge in [-0.15, -0.1) is 11.8 Å². The summed E-state index contributed by atoms with van der Waals surface area (Å²) in [6.07, 6.45) is 0. The Hall–Kier alpha value is -2.02. The Morgan fingerprint density at radius 2 is 2.00 bits per heavy atom. The molecule has 0 aromatic heterocycles. The Labute approximate surface area is 126 Å². The number of benzene rings is 1. The molecule has 0 saturated carbocycles. The van der Waals surface area contributed by atoms with Crippen molar-refractivity contribution in [3.05, 3.63) is 35.9 Å². The molecule has 1 fully saturated rings. The van der Waals surface area contributed by atoms with Gasteiger partial charge in [0.2, 0.25) is 5.91 Å². The van der Waals surface area contributed by atoms with Gasteiger partial charge in [0.15, 0.2) is 0 Å². The number of carboxylic acids is 1. The van der Waals surface area contributed by atoms with Crippen molar-refractivity contribution < 1.29 is 19.5 Å². The average Bonchev–Trinajstić information content (AvgIpc) is 2.97. The van der Waals surface area contributed by atoms with Crippen LogP contribution in [-0.2, 0) is 9.59 Å². The Bertz CT molecular complexity index is 549. The lowest BCUT2D eigenvalue weighted by Gasteiger charge is -2.24. The van der Waals surface area contributed by atoms with E-state index in [4.69, 9.17) is 5.11 Å². The molecule has 0 unspecified atom stereocenters. The highest BCUT2D eigenvalue weighted by molar-refractivity contribution is 7.99. The highest BCUT2D eigenvalue weighted by Gasteiger charge is 2.35. The largest absolute Gasteiger partial charge is 0.480 e. The molecule has 0 radical (unpaired) electrons. The SMILES string of the molecule is CN(CC(=O)N1CSC[C@H]1C(=O)O)C(=O)c1ccccc1. The van der Waals surface area contributed by atoms with Crippen LogP contribution in [0.2, 0.25) is 0 Å². The number of rotatable bonds is 4. The minimum atomic E-state index is -1.01. The van der Waals surface area contributed by atoms with Crippen molar-refractivity contribution in [1.82, 2.24) is 9.80 Å². The molecule has 0 aliphatic carbocycles. The van der Waals surface area contributed by atoms with E-state index < -0.39 is 12.0 Å². The highest BCUT2D eigenvalue weighted by Crippen LogP contribution is 2.21. The summed E-state index contributed by atoms with van der Waals surface area (Å²) in [4.78, 5) is 38.0. The van der Waals surface area contributed by atoms with E-state index in [1.165, 1.54) is 28.6 Å². The molecule has 1 heterocycles. The molecule has 2 rings (SSSR count). The third-order valence-electron chi connectivity index (χ3n) is 3.23. The van der Waals surface area contributed by atoms with Crippen molar-refractivity contribution in [1.29, 1.82) is 0 Å². The summed E-state index contributed by atoms with van der Waals surface area (Å²) in [7, 11) is 1.53. The Kier molecular flexibility index (Phi) is 4.85. The molecule has 1 N–H and O–H groups in total. The van der Waals surface area contributed by atoms with Crippen molar-refractivity contribution in [2.75, 3.05) is 25.2 Å². The second-order valence-corrected chi connectivity index (χ2v) is 5.74. The van der Waals surface area contributed by atoms with Gasteiger partial charge in [0.05, 0.1) is 12.4 Å². The van der Waals surface area contributed by atoms with Crippen LogP contribution in [-0.4, -0.2) is 64.0 Å². The smallest absolute Gasteiger partial charge is 0.327 e. The molecule has 1 aromatic carbocycles. The molecular weight excluding hydrogens is 292 g/mol. The molecule has 1 saturated heterocycles. The van der Waals surface area contributed by atoms with Gasteiger partial charge in [0.1, 0.15) is 6.04 Å². The van der Waals surface area contributed by atoms with E-state index in [-0.39, 0.29) is 18.4 Å². The van der Waals surface area contributed by atoms with E-state index in [0.717, 1.165) is 0 Å². The quantitative estimate of drug-likeness (QED) is 0.888. The number of nitrogens with zero attached hydrogens (tertiary/aromatic N) is 2. The zero-order valence-electron chi connectivity index (χ0n) is 11.6. The van der Waals surface area contributed by atoms with E-state index in [0.29, 0.717) is 17.2 Å². The first-order valence-electron chi connectivity index (χ1n) is 6.41. The van der Waals surface area contributed by atoms with Gasteiger partial charge in [0.25, 0.3) is 5.91 Å². The van der Waals surface area contributed by atoms with E-state index >= 15 is 0 Å². The number of carbonyl (C=O) groups is 3. The van der Waals surface area contributed by atoms with Crippen LogP contribution in [0.3, 0.4) is 0 Å². The summed E-state index contributed by atoms with van der Waals surface area (Å²) in [5, 5.41) is 9.07. The first kappa shape index (κ1) is 15.4. The Morgan fingerprint density at radius 1 is 1.33 bits per heavy atom. The maximum atomic E-state index is 12.2. The second kappa shape index (κ2) is 6.62. The standard InChI is InChI=1S/C14H16N2O4S/c1-15(13(18)10-5-3-2-4-6-10)7-12(17)16-9-21-8-11(16)14(19)20/h2-6,11H,7-9H2,1H3,(H,19,20)/t11-/m0/s1. The zero-order valence-corrected chi connectivity index (χ0v) is 12.4. The molecule has 2 amide bonds. The van der Waals surface area contributed by atoms with Crippen LogP contribution in [0.1, 0.15) is 10.4 Å². The number of aliphatic carboxylic acids is 1. The number of amides is 2. The van der Waals surface area contributed by atoms with Crippen molar-refractivity contribution in [2.24, 2.45) is 0 Å². The molecule has 112 valence electrons. The van der Waals surface area contributed by atoms with Crippen molar-refractivity contribution in [3.8, 4) is 0 Å². The minimum Gasteiger partial charge on any atom is -0.480 e. The predicted octanol–water partition coefficient (Wildman–Crippen LogP) is 0.745. The zero-order chi connectivity index (χ0) is 15.4. The first-order valence-corrected chi connectivity index (χ1v) is 7.56. The summed E-state index contributed by atoms with van der Waals surface area (Å²) >= 11 is 1.40. The van der Waals surface area contributed by atoms with Crippen LogP contribution in [0.4, 0.5) is 0 Å². The maximum Gasteiger partial charge on any atom is 0.327 e. The summed E-state index contributed by atoms with van der Waals surface area (Å²) in [6.45, 7) is -0.127. The Balaban J connectivity index is 1.99. The summed E-state index contributed by atoms with van der Waals surface area (Å²) in [5.74, 6) is -0.882. The van der Waals surface area contributed by atoms with E-state index in [2.05, 4.69) is 0 Å². The number of carbonyl (C=O) groups excluding carboxylic acids is 2. The van der Waals surface area contributed by atoms with Gasteiger partial charge in [-0.25, -0.2) is 4.79 Å². The predicted molar refractivity (Wildman–Crippen MR) is 79.0 cm³/mol. The molecule has 6 nitrogen and oxygen atoms in total. The second-order valence-electron chi connectivity index (χ2n) is 4.74. The molecule has 21 heavy (non-hydrogen) atoms. The molecule has 1 atom stereocenters. The van der Waals surface area contributed by atoms with Gasteiger partial charge in [-0.1, -0.05) is 18.2 Å². The first-order chi connectivity index (χ1) is 10.0. The van der Waals surface area contributed by atoms with Crippen LogP contribution < -0.4 is 0 Å². The fraction of sp³-hybridized carbons (Fsp3) is 0.357. The number of hydrogen-bond acceptors (Lipinski definition) is 4. The van der Waals surface area contributed by atoms with E-state index in [1.807, 2.05) is 0 Å². The maximum absolute atomic E-state index is 12.2. The summed E-state index contributed by atoms with van der Waals surface area (Å²) < 4.78 is 0. The number of thioether (sulfide) groups is 1. The molecule has 7 heteroatoms. The number of hydrogen-bond donors (Lipinski definition) is 1. The topological polar surface area (TPSA) is 77.9 Å².